The van der Waals surface area contributed by atoms with Crippen molar-refractivity contribution in [3.8, 4) is 0 Å². The summed E-state index contributed by atoms with van der Waals surface area (Å²) in [6.45, 7) is -4.17. The third-order valence-electron chi connectivity index (χ3n) is 26.7. The minimum atomic E-state index is -3.14. The second kappa shape index (κ2) is 53.0. The molecule has 852 valence electrons. The van der Waals surface area contributed by atoms with E-state index in [1.807, 2.05) is 0 Å². The van der Waals surface area contributed by atoms with Gasteiger partial charge in [-0.1, -0.05) is 0 Å². The van der Waals surface area contributed by atoms with Crippen LogP contribution >= 0.6 is 0 Å². The van der Waals surface area contributed by atoms with Crippen molar-refractivity contribution in [3.63, 3.8) is 0 Å². The summed E-state index contributed by atoms with van der Waals surface area (Å²) in [4.78, 5) is 103. The number of amides is 7. The highest BCUT2D eigenvalue weighted by Gasteiger charge is 2.64. The molecule has 0 radical (unpaired) electrons. The normalized spacial score (nSPS) is 46.5. The molecule has 65 heteroatoms. The summed E-state index contributed by atoms with van der Waals surface area (Å²) in [5.41, 5.74) is 0. The van der Waals surface area contributed by atoms with E-state index in [1.165, 1.54) is 6.92 Å². The van der Waals surface area contributed by atoms with E-state index in [2.05, 4.69) is 37.2 Å². The van der Waals surface area contributed by atoms with Crippen LogP contribution < -0.4 is 37.2 Å². The Bertz CT molecular complexity index is 4280. The first kappa shape index (κ1) is 122. The van der Waals surface area contributed by atoms with Crippen LogP contribution in [0.25, 0.3) is 0 Å². The Morgan fingerprint density at radius 1 is 0.291 bits per heavy atom. The summed E-state index contributed by atoms with van der Waals surface area (Å²) in [5, 5.41) is 346. The highest BCUT2D eigenvalue weighted by atomic mass is 16.8. The smallest absolute Gasteiger partial charge is 0.364 e. The fourth-order valence-electron chi connectivity index (χ4n) is 19.1. The van der Waals surface area contributed by atoms with E-state index in [-0.39, 0.29) is 0 Å². The Morgan fingerprint density at radius 2 is 0.601 bits per heavy atom. The molecule has 0 aromatic heterocycles. The minimum absolute atomic E-state index is 0.835. The number of ether oxygens (including phenoxy) is 21. The Labute approximate surface area is 838 Å². The van der Waals surface area contributed by atoms with E-state index >= 15 is 0 Å². The van der Waals surface area contributed by atoms with Gasteiger partial charge in [0.1, 0.15) is 256 Å². The molecule has 65 nitrogen and oxygen atoms in total. The van der Waals surface area contributed by atoms with E-state index in [0.29, 0.717) is 0 Å². The molecule has 0 aromatic carbocycles. The number of carboxylic acid groups (broad SMARTS) is 1. The molecule has 0 aromatic rings. The predicted molar refractivity (Wildman–Crippen MR) is 459 cm³/mol. The zero-order chi connectivity index (χ0) is 109. The van der Waals surface area contributed by atoms with Crippen molar-refractivity contribution in [2.45, 2.75) is 405 Å². The van der Waals surface area contributed by atoms with Crippen molar-refractivity contribution in [2.75, 3.05) is 66.1 Å². The quantitative estimate of drug-likeness (QED) is 0.0271. The highest BCUT2D eigenvalue weighted by Crippen LogP contribution is 2.43. The molecule has 11 heterocycles. The van der Waals surface area contributed by atoms with Gasteiger partial charge in [-0.25, -0.2) is 4.79 Å². The number of hydrogen-bond acceptors (Lipinski definition) is 57. The molecule has 0 bridgehead atoms. The van der Waals surface area contributed by atoms with Crippen LogP contribution in [0, 0.1) is 0 Å². The van der Waals surface area contributed by atoms with Gasteiger partial charge < -0.3 is 285 Å². The summed E-state index contributed by atoms with van der Waals surface area (Å²) in [5.74, 6) is -11.9. The summed E-state index contributed by atoms with van der Waals surface area (Å²) >= 11 is 0. The number of nitrogens with one attached hydrogen (secondary N) is 7. The summed E-state index contributed by atoms with van der Waals surface area (Å²) in [6, 6.07) is -13.5. The average Bonchev–Trinajstić information content (AvgIpc) is 0.763. The number of rotatable bonds is 40. The molecule has 11 saturated heterocycles. The topological polar surface area (TPSA) is 1000 Å². The molecule has 0 aliphatic carbocycles. The molecule has 56 atom stereocenters. The lowest BCUT2D eigenvalue weighted by Crippen LogP contribution is -2.71. The van der Waals surface area contributed by atoms with Gasteiger partial charge in [-0.3, -0.25) is 33.6 Å². The first-order valence-corrected chi connectivity index (χ1v) is 47.1. The molecule has 148 heavy (non-hydrogen) atoms. The maximum Gasteiger partial charge on any atom is 0.364 e. The number of aliphatic hydroxyl groups excluding tert-OH is 28. The van der Waals surface area contributed by atoms with Gasteiger partial charge in [-0.15, -0.1) is 0 Å². The lowest BCUT2D eigenvalue weighted by Gasteiger charge is -2.51. The van der Waals surface area contributed by atoms with Gasteiger partial charge in [0.2, 0.25) is 41.4 Å². The fraction of sp³-hybridized carbons (Fsp3) is 0.904. The Morgan fingerprint density at radius 3 is 1.01 bits per heavy atom. The molecule has 0 unspecified atom stereocenters. The molecular formula is C83H137N7O58. The van der Waals surface area contributed by atoms with Crippen molar-refractivity contribution in [3.05, 3.63) is 0 Å². The number of carboxylic acids is 1. The molecule has 0 spiro atoms. The van der Waals surface area contributed by atoms with Crippen molar-refractivity contribution < 1.29 is 286 Å². The third-order valence-corrected chi connectivity index (χ3v) is 26.7. The van der Waals surface area contributed by atoms with Crippen LogP contribution in [-0.4, -0.2) is 604 Å². The molecular weight excluding hydrogens is 2020 g/mol. The summed E-state index contributed by atoms with van der Waals surface area (Å²) < 4.78 is 127. The maximum absolute atomic E-state index is 13.4. The Balaban J connectivity index is 0.924. The third kappa shape index (κ3) is 27.7. The van der Waals surface area contributed by atoms with Gasteiger partial charge in [0.25, 0.3) is 5.79 Å². The number of aliphatic hydroxyl groups is 28. The monoisotopic (exact) mass is 2160 g/mol. The first-order valence-electron chi connectivity index (χ1n) is 47.1. The molecule has 11 fully saturated rings. The molecule has 0 saturated carbocycles. The van der Waals surface area contributed by atoms with E-state index in [9.17, 15) is 186 Å². The summed E-state index contributed by atoms with van der Waals surface area (Å²) in [6.07, 6.45) is -105. The second-order valence-electron chi connectivity index (χ2n) is 37.5. The zero-order valence-electron chi connectivity index (χ0n) is 80.3. The number of hydrogen-bond donors (Lipinski definition) is 36. The van der Waals surface area contributed by atoms with E-state index in [1.54, 1.807) is 0 Å². The van der Waals surface area contributed by atoms with Gasteiger partial charge in [0.05, 0.1) is 84.3 Å². The van der Waals surface area contributed by atoms with Crippen molar-refractivity contribution >= 4 is 47.3 Å². The predicted octanol–water partition coefficient (Wildman–Crippen LogP) is -23.7. The van der Waals surface area contributed by atoms with Crippen LogP contribution in [0.5, 0.6) is 0 Å². The zero-order valence-corrected chi connectivity index (χ0v) is 80.3. The van der Waals surface area contributed by atoms with Gasteiger partial charge >= 0.3 is 5.97 Å². The number of carbonyl (C=O) groups excluding carboxylic acids is 7. The first-order chi connectivity index (χ1) is 69.7. The molecule has 11 rings (SSSR count). The fourth-order valence-corrected chi connectivity index (χ4v) is 19.1. The van der Waals surface area contributed by atoms with Crippen LogP contribution in [-0.2, 0) is 138 Å². The number of aliphatic carboxylic acids is 1. The van der Waals surface area contributed by atoms with Crippen LogP contribution in [0.15, 0.2) is 0 Å². The van der Waals surface area contributed by atoms with Crippen LogP contribution in [0.3, 0.4) is 0 Å². The molecule has 7 amide bonds. The highest BCUT2D eigenvalue weighted by molar-refractivity contribution is 5.77. The summed E-state index contributed by atoms with van der Waals surface area (Å²) in [7, 11) is 0. The van der Waals surface area contributed by atoms with Gasteiger partial charge in [-0.2, -0.15) is 0 Å². The number of carbonyl (C=O) groups is 8. The van der Waals surface area contributed by atoms with Crippen molar-refractivity contribution in [1.29, 1.82) is 0 Å². The largest absolute Gasteiger partial charge is 0.477 e. The van der Waals surface area contributed by atoms with Gasteiger partial charge in [-0.05, 0) is 6.92 Å². The molecule has 11 aliphatic heterocycles. The maximum atomic E-state index is 13.4. The lowest BCUT2D eigenvalue weighted by molar-refractivity contribution is -0.398. The van der Waals surface area contributed by atoms with Gasteiger partial charge in [0.15, 0.2) is 62.9 Å². The van der Waals surface area contributed by atoms with E-state index in [4.69, 9.17) is 99.5 Å². The minimum Gasteiger partial charge on any atom is -0.477 e. The molecule has 36 N–H and O–H groups in total. The van der Waals surface area contributed by atoms with E-state index < -0.39 is 463 Å². The Kier molecular flexibility index (Phi) is 43.7. The van der Waals surface area contributed by atoms with Crippen LogP contribution in [0.2, 0.25) is 0 Å². The van der Waals surface area contributed by atoms with Crippen LogP contribution in [0.4, 0.5) is 0 Å². The molecule has 11 aliphatic rings. The Hall–Kier alpha value is -6.20. The van der Waals surface area contributed by atoms with Crippen molar-refractivity contribution in [1.82, 2.24) is 37.2 Å². The van der Waals surface area contributed by atoms with E-state index in [0.717, 1.165) is 48.5 Å². The second-order valence-corrected chi connectivity index (χ2v) is 37.5. The SMILES string of the molecule is CC(=O)N[C@@H]1[C@H](O[C@@H]2[C@@H](O[C@@H]3[C@H](O)[C@H](O[C@H]4[C@H](O)[C@@H](NC(C)=O)[C@H](O[C@H]5[C@H](O)[C@@H](NC(C)=O)[C@H](O)O[C@@H]5CO[C@@H]5O[C@@H](C)[C@@H](O)[C@@H](O)[C@@H]5O)O[C@@H]4CO)O[C@H](CO[C@H]4O[C@H](CO)[C@@H](O)[C@H](O)[C@@H]4O[C@@H]4O[C@H](CO)[C@@H](O[C@@H]5O[C@H](CO)[C@H](O)[C@H](O)[C@H]5NC(C)=O)[C@H](O)[C@H]4NC(C)=O)[C@H]3O)O[C@H](CO)[C@@H](O)[C@@H]2O)O[C@H](CO)[C@@H](O[C@@H]2O[C@H](CO[C@]3(C(=O)O)C[C@H](O)[C@@H](NC(C)=O)[C@H]([C@H](O)[C@H](O)CO)O3)[C@H](O)[C@H](O)[C@H]2NC(C)=O)[C@@H]1O. The van der Waals surface area contributed by atoms with Gasteiger partial charge in [0, 0.05) is 54.9 Å². The van der Waals surface area contributed by atoms with Crippen LogP contribution in [0.1, 0.15) is 61.8 Å². The average molecular weight is 2160 g/mol. The standard InChI is InChI=1S/C83H137N7O58/c1-20-46(107)59(120)62(123)78(131-20)128-18-38-67(55(116)40(72(125)132-38)85-22(3)99)143-75-43(88-25(6)102)58(119)66(35(16-97)136-75)144-79-63(124)69(52(113)36(140-79)17-129-80-70(60(121)49(110)31(12-93)134-80)146-76-44(89-26(7)103)56(117)64(33(14-95)137-76)141-73-41(86-23(4)100)53(114)48(109)30(11-92)133-73)145-81-71(61(122)50(111)32(13-94)135-81)147-77-45(90-27(8)104)57(118)65(34(15-96)138-77)142-74-42(87-24(5)101)54(115)51(112)37(139-74)19-130-83(82(126)127)9-28(105)39(84-21(2)98)68(148-83)47(108)29(106)10-91/h20,28-81,91-97,105-125H,9-19H2,1-8H3,(H,84,98)(H,85,99)(H,86,100)(H,87,101)(H,88,102)(H,89,103)(H,90,104)(H,126,127)/t20-,28-,29+,30+,31+,32+,33+,34+,35+,36+,37+,38+,39+,40+,41+,42+,43+,44+,45-,46+,47+,48-,49+,50+,51-,52+,53+,54+,55+,56+,57+,58+,59+,60-,61-,62-,63-,64+,65+,66+,67+,68+,69-,70-,71-,72+,73-,74-,75-,76-,77-,78+,79-,80-,81+,83+/m0/s1. The van der Waals surface area contributed by atoms with Crippen molar-refractivity contribution in [2.24, 2.45) is 0 Å². The lowest BCUT2D eigenvalue weighted by atomic mass is 9.88.